The van der Waals surface area contributed by atoms with Crippen LogP contribution in [-0.2, 0) is 6.18 Å². The maximum Gasteiger partial charge on any atom is 0.416 e. The molecular weight excluding hydrogens is 259 g/mol. The summed E-state index contributed by atoms with van der Waals surface area (Å²) in [6.07, 6.45) is -4.31. The van der Waals surface area contributed by atoms with Gasteiger partial charge in [-0.25, -0.2) is 0 Å². The standard InChI is InChI=1S/C13H10F3NS/c1-8-7-9(13(14,15)16)5-6-10(8)11-3-2-4-12(18)17-11/h2-7H,1H3,(H,17,18). The maximum atomic E-state index is 12.5. The normalized spacial score (nSPS) is 11.6. The van der Waals surface area contributed by atoms with E-state index in [4.69, 9.17) is 12.2 Å². The van der Waals surface area contributed by atoms with Crippen LogP contribution >= 0.6 is 12.2 Å². The van der Waals surface area contributed by atoms with Crippen LogP contribution < -0.4 is 0 Å². The third-order valence-corrected chi connectivity index (χ3v) is 2.85. The van der Waals surface area contributed by atoms with E-state index in [9.17, 15) is 13.2 Å². The molecule has 0 aliphatic carbocycles. The minimum absolute atomic E-state index is 0.548. The molecule has 1 heterocycles. The highest BCUT2D eigenvalue weighted by Crippen LogP contribution is 2.32. The molecule has 1 aromatic carbocycles. The fourth-order valence-electron chi connectivity index (χ4n) is 1.75. The van der Waals surface area contributed by atoms with Crippen molar-refractivity contribution in [3.05, 3.63) is 52.2 Å². The van der Waals surface area contributed by atoms with Gasteiger partial charge in [0, 0.05) is 11.3 Å². The lowest BCUT2D eigenvalue weighted by Crippen LogP contribution is -2.05. The Morgan fingerprint density at radius 3 is 2.39 bits per heavy atom. The highest BCUT2D eigenvalue weighted by Gasteiger charge is 2.30. The minimum atomic E-state index is -4.31. The van der Waals surface area contributed by atoms with Gasteiger partial charge in [-0.05, 0) is 36.8 Å². The van der Waals surface area contributed by atoms with Crippen molar-refractivity contribution in [1.82, 2.24) is 4.98 Å². The lowest BCUT2D eigenvalue weighted by atomic mass is 10.0. The number of benzene rings is 1. The predicted molar refractivity (Wildman–Crippen MR) is 66.8 cm³/mol. The predicted octanol–water partition coefficient (Wildman–Crippen LogP) is 4.74. The molecule has 0 aliphatic rings. The van der Waals surface area contributed by atoms with Gasteiger partial charge in [-0.2, -0.15) is 13.2 Å². The second-order valence-corrected chi connectivity index (χ2v) is 4.40. The number of hydrogen-bond acceptors (Lipinski definition) is 1. The van der Waals surface area contributed by atoms with Gasteiger partial charge < -0.3 is 4.98 Å². The van der Waals surface area contributed by atoms with E-state index in [0.717, 1.165) is 17.7 Å². The topological polar surface area (TPSA) is 15.8 Å². The van der Waals surface area contributed by atoms with Gasteiger partial charge >= 0.3 is 6.18 Å². The number of H-pyrrole nitrogens is 1. The summed E-state index contributed by atoms with van der Waals surface area (Å²) >= 11 is 4.99. The first-order valence-electron chi connectivity index (χ1n) is 5.25. The van der Waals surface area contributed by atoms with Crippen molar-refractivity contribution in [3.8, 4) is 11.3 Å². The molecule has 18 heavy (non-hydrogen) atoms. The third kappa shape index (κ3) is 2.61. The molecule has 5 heteroatoms. The Kier molecular flexibility index (Phi) is 3.26. The number of pyridine rings is 1. The van der Waals surface area contributed by atoms with Gasteiger partial charge in [0.1, 0.15) is 4.64 Å². The van der Waals surface area contributed by atoms with E-state index < -0.39 is 11.7 Å². The van der Waals surface area contributed by atoms with Gasteiger partial charge in [0.15, 0.2) is 0 Å². The summed E-state index contributed by atoms with van der Waals surface area (Å²) in [7, 11) is 0. The second-order valence-electron chi connectivity index (χ2n) is 3.96. The molecule has 0 spiro atoms. The molecule has 0 bridgehead atoms. The number of rotatable bonds is 1. The minimum Gasteiger partial charge on any atom is -0.346 e. The summed E-state index contributed by atoms with van der Waals surface area (Å²) in [6, 6.07) is 8.94. The molecular formula is C13H10F3NS. The summed E-state index contributed by atoms with van der Waals surface area (Å²) in [5.74, 6) is 0. The molecule has 1 aromatic heterocycles. The van der Waals surface area contributed by atoms with E-state index >= 15 is 0 Å². The molecule has 2 rings (SSSR count). The number of aromatic nitrogens is 1. The molecule has 0 saturated heterocycles. The molecule has 94 valence electrons. The Morgan fingerprint density at radius 1 is 1.11 bits per heavy atom. The van der Waals surface area contributed by atoms with Crippen molar-refractivity contribution >= 4 is 12.2 Å². The van der Waals surface area contributed by atoms with E-state index in [1.54, 1.807) is 25.1 Å². The molecule has 0 fully saturated rings. The molecule has 0 aliphatic heterocycles. The monoisotopic (exact) mass is 269 g/mol. The van der Waals surface area contributed by atoms with E-state index in [1.807, 2.05) is 0 Å². The maximum absolute atomic E-state index is 12.5. The Morgan fingerprint density at radius 2 is 1.83 bits per heavy atom. The van der Waals surface area contributed by atoms with Gasteiger partial charge in [-0.1, -0.05) is 24.4 Å². The van der Waals surface area contributed by atoms with Crippen LogP contribution in [0.15, 0.2) is 36.4 Å². The largest absolute Gasteiger partial charge is 0.416 e. The molecule has 1 nitrogen and oxygen atoms in total. The molecule has 0 amide bonds. The van der Waals surface area contributed by atoms with Crippen molar-refractivity contribution in [2.75, 3.05) is 0 Å². The zero-order valence-electron chi connectivity index (χ0n) is 9.51. The Labute approximate surface area is 107 Å². The number of halogens is 3. The van der Waals surface area contributed by atoms with Crippen LogP contribution in [-0.4, -0.2) is 4.98 Å². The Balaban J connectivity index is 2.52. The molecule has 0 unspecified atom stereocenters. The average Bonchev–Trinajstić information content (AvgIpc) is 2.27. The zero-order chi connectivity index (χ0) is 13.3. The summed E-state index contributed by atoms with van der Waals surface area (Å²) in [6.45, 7) is 1.65. The smallest absolute Gasteiger partial charge is 0.346 e. The van der Waals surface area contributed by atoms with E-state index in [1.165, 1.54) is 6.07 Å². The van der Waals surface area contributed by atoms with Gasteiger partial charge in [-0.15, -0.1) is 0 Å². The van der Waals surface area contributed by atoms with E-state index in [-0.39, 0.29) is 0 Å². The van der Waals surface area contributed by atoms with Gasteiger partial charge in [0.2, 0.25) is 0 Å². The fourth-order valence-corrected chi connectivity index (χ4v) is 1.94. The number of nitrogens with one attached hydrogen (secondary N) is 1. The van der Waals surface area contributed by atoms with Crippen LogP contribution in [0.25, 0.3) is 11.3 Å². The summed E-state index contributed by atoms with van der Waals surface area (Å²) in [5, 5.41) is 0. The first-order valence-corrected chi connectivity index (χ1v) is 5.66. The van der Waals surface area contributed by atoms with Crippen molar-refractivity contribution < 1.29 is 13.2 Å². The van der Waals surface area contributed by atoms with Gasteiger partial charge in [0.25, 0.3) is 0 Å². The summed E-state index contributed by atoms with van der Waals surface area (Å²) < 4.78 is 38.2. The quantitative estimate of drug-likeness (QED) is 0.739. The van der Waals surface area contributed by atoms with Crippen molar-refractivity contribution in [3.63, 3.8) is 0 Å². The second kappa shape index (κ2) is 4.57. The summed E-state index contributed by atoms with van der Waals surface area (Å²) in [4.78, 5) is 2.96. The van der Waals surface area contributed by atoms with Crippen LogP contribution in [0.2, 0.25) is 0 Å². The van der Waals surface area contributed by atoms with Crippen molar-refractivity contribution in [1.29, 1.82) is 0 Å². The number of hydrogen-bond donors (Lipinski definition) is 1. The zero-order valence-corrected chi connectivity index (χ0v) is 10.3. The van der Waals surface area contributed by atoms with Crippen molar-refractivity contribution in [2.24, 2.45) is 0 Å². The molecule has 2 aromatic rings. The highest BCUT2D eigenvalue weighted by atomic mass is 32.1. The average molecular weight is 269 g/mol. The van der Waals surface area contributed by atoms with Crippen LogP contribution in [0.1, 0.15) is 11.1 Å². The molecule has 0 saturated carbocycles. The third-order valence-electron chi connectivity index (χ3n) is 2.61. The van der Waals surface area contributed by atoms with Crippen molar-refractivity contribution in [2.45, 2.75) is 13.1 Å². The SMILES string of the molecule is Cc1cc(C(F)(F)F)ccc1-c1cccc(=S)[nH]1. The first-order chi connectivity index (χ1) is 8.38. The number of alkyl halides is 3. The number of aryl methyl sites for hydroxylation is 1. The summed E-state index contributed by atoms with van der Waals surface area (Å²) in [5.41, 5.74) is 1.35. The highest BCUT2D eigenvalue weighted by molar-refractivity contribution is 7.71. The molecule has 1 N–H and O–H groups in total. The van der Waals surface area contributed by atoms with E-state index in [2.05, 4.69) is 4.98 Å². The first kappa shape index (κ1) is 12.8. The Bertz CT molecular complexity index is 629. The lowest BCUT2D eigenvalue weighted by molar-refractivity contribution is -0.137. The van der Waals surface area contributed by atoms with Crippen LogP contribution in [0.4, 0.5) is 13.2 Å². The fraction of sp³-hybridized carbons (Fsp3) is 0.154. The van der Waals surface area contributed by atoms with Crippen LogP contribution in [0, 0.1) is 11.6 Å². The van der Waals surface area contributed by atoms with Crippen LogP contribution in [0.5, 0.6) is 0 Å². The van der Waals surface area contributed by atoms with Crippen LogP contribution in [0.3, 0.4) is 0 Å². The number of aromatic amines is 1. The Hall–Kier alpha value is -1.62. The molecule has 0 radical (unpaired) electrons. The van der Waals surface area contributed by atoms with E-state index in [0.29, 0.717) is 15.9 Å². The van der Waals surface area contributed by atoms with Gasteiger partial charge in [0.05, 0.1) is 5.56 Å². The lowest BCUT2D eigenvalue weighted by Gasteiger charge is -2.11. The van der Waals surface area contributed by atoms with Gasteiger partial charge in [-0.3, -0.25) is 0 Å². The molecule has 0 atom stereocenters.